The number of carbonyl (C=O) groups excluding carboxylic acids is 1. The zero-order chi connectivity index (χ0) is 21.1. The molecule has 1 saturated carbocycles. The maximum atomic E-state index is 12.8. The second-order valence-corrected chi connectivity index (χ2v) is 7.65. The highest BCUT2D eigenvalue weighted by atomic mass is 19.4. The number of aromatic nitrogens is 4. The van der Waals surface area contributed by atoms with Crippen LogP contribution in [-0.2, 0) is 13.0 Å². The van der Waals surface area contributed by atoms with Gasteiger partial charge < -0.3 is 24.8 Å². The van der Waals surface area contributed by atoms with Crippen LogP contribution in [0, 0.1) is 0 Å². The fourth-order valence-electron chi connectivity index (χ4n) is 4.02. The molecule has 0 radical (unpaired) electrons. The topological polar surface area (TPSA) is 120 Å². The van der Waals surface area contributed by atoms with Crippen LogP contribution in [-0.4, -0.2) is 55.5 Å². The summed E-state index contributed by atoms with van der Waals surface area (Å²) < 4.78 is 43.6. The number of rotatable bonds is 3. The lowest BCUT2D eigenvalue weighted by molar-refractivity contribution is -0.291. The van der Waals surface area contributed by atoms with E-state index in [-0.39, 0.29) is 5.69 Å². The van der Waals surface area contributed by atoms with Crippen LogP contribution >= 0.6 is 0 Å². The van der Waals surface area contributed by atoms with E-state index in [0.717, 1.165) is 5.39 Å². The molecule has 0 bridgehead atoms. The van der Waals surface area contributed by atoms with Crippen LogP contribution in [0.2, 0.25) is 0 Å². The number of H-pyrrole nitrogens is 1. The van der Waals surface area contributed by atoms with Gasteiger partial charge in [-0.3, -0.25) is 4.79 Å². The highest BCUT2D eigenvalue weighted by Crippen LogP contribution is 2.45. The van der Waals surface area contributed by atoms with Crippen LogP contribution in [0.15, 0.2) is 23.1 Å². The maximum Gasteiger partial charge on any atom is 0.417 e. The van der Waals surface area contributed by atoms with Gasteiger partial charge in [0.2, 0.25) is 0 Å². The molecule has 3 N–H and O–H groups in total. The van der Waals surface area contributed by atoms with Gasteiger partial charge in [0.25, 0.3) is 5.91 Å². The molecule has 0 unspecified atom stereocenters. The molecule has 0 saturated heterocycles. The standard InChI is InChI=1S/C18H17F3N6O3/c19-18(20,21)17(29)5-9(6-17)25-16(28)13-11-7-27(4-2-12(11)30-26-13)15-10-1-3-22-14(10)23-8-24-15/h1,3,8-9,29H,2,4-7H2,(H,25,28)(H,22,23,24). The van der Waals surface area contributed by atoms with Crippen molar-refractivity contribution in [3.63, 3.8) is 0 Å². The molecule has 30 heavy (non-hydrogen) atoms. The maximum absolute atomic E-state index is 12.8. The zero-order valence-corrected chi connectivity index (χ0v) is 15.5. The van der Waals surface area contributed by atoms with Crippen molar-refractivity contribution in [1.29, 1.82) is 0 Å². The smallest absolute Gasteiger partial charge is 0.380 e. The molecule has 3 aromatic rings. The normalized spacial score (nSPS) is 23.9. The van der Waals surface area contributed by atoms with E-state index in [4.69, 9.17) is 4.52 Å². The number of carbonyl (C=O) groups is 1. The Balaban J connectivity index is 1.33. The van der Waals surface area contributed by atoms with Crippen molar-refractivity contribution in [2.75, 3.05) is 11.4 Å². The molecule has 2 aliphatic rings. The lowest BCUT2D eigenvalue weighted by atomic mass is 9.75. The van der Waals surface area contributed by atoms with Crippen molar-refractivity contribution >= 4 is 22.8 Å². The molecule has 12 heteroatoms. The molecule has 1 aliphatic carbocycles. The van der Waals surface area contributed by atoms with Gasteiger partial charge >= 0.3 is 6.18 Å². The molecule has 1 amide bonds. The van der Waals surface area contributed by atoms with E-state index >= 15 is 0 Å². The van der Waals surface area contributed by atoms with Crippen molar-refractivity contribution in [3.05, 3.63) is 35.6 Å². The summed E-state index contributed by atoms with van der Waals surface area (Å²) in [5.74, 6) is 0.649. The molecule has 0 aromatic carbocycles. The van der Waals surface area contributed by atoms with Crippen LogP contribution < -0.4 is 10.2 Å². The van der Waals surface area contributed by atoms with E-state index in [2.05, 4.69) is 25.4 Å². The minimum absolute atomic E-state index is 0.0384. The Labute approximate surface area is 167 Å². The third-order valence-electron chi connectivity index (χ3n) is 5.71. The summed E-state index contributed by atoms with van der Waals surface area (Å²) in [7, 11) is 0. The van der Waals surface area contributed by atoms with Gasteiger partial charge in [-0.15, -0.1) is 0 Å². The Morgan fingerprint density at radius 1 is 1.37 bits per heavy atom. The van der Waals surface area contributed by atoms with Crippen LogP contribution in [0.3, 0.4) is 0 Å². The number of aliphatic hydroxyl groups is 1. The summed E-state index contributed by atoms with van der Waals surface area (Å²) in [4.78, 5) is 26.1. The summed E-state index contributed by atoms with van der Waals surface area (Å²) in [5, 5.41) is 16.7. The second kappa shape index (κ2) is 6.42. The fraction of sp³-hybridized carbons (Fsp3) is 0.444. The van der Waals surface area contributed by atoms with Gasteiger partial charge in [-0.25, -0.2) is 9.97 Å². The Hall–Kier alpha value is -3.15. The number of hydrogen-bond acceptors (Lipinski definition) is 7. The molecular weight excluding hydrogens is 405 g/mol. The van der Waals surface area contributed by atoms with Crippen molar-refractivity contribution in [1.82, 2.24) is 25.4 Å². The van der Waals surface area contributed by atoms with Gasteiger partial charge in [0.1, 0.15) is 23.6 Å². The first-order valence-corrected chi connectivity index (χ1v) is 9.35. The van der Waals surface area contributed by atoms with E-state index in [1.807, 2.05) is 11.0 Å². The summed E-state index contributed by atoms with van der Waals surface area (Å²) in [6.45, 7) is 0.915. The first-order valence-electron chi connectivity index (χ1n) is 9.35. The van der Waals surface area contributed by atoms with Gasteiger partial charge in [0.05, 0.1) is 11.9 Å². The predicted octanol–water partition coefficient (Wildman–Crippen LogP) is 1.69. The molecular formula is C18H17F3N6O3. The van der Waals surface area contributed by atoms with Gasteiger partial charge in [-0.2, -0.15) is 13.2 Å². The fourth-order valence-corrected chi connectivity index (χ4v) is 4.02. The van der Waals surface area contributed by atoms with Crippen LogP contribution in [0.5, 0.6) is 0 Å². The molecule has 5 rings (SSSR count). The number of fused-ring (bicyclic) bond motifs is 2. The Kier molecular flexibility index (Phi) is 4.04. The minimum atomic E-state index is -4.72. The third kappa shape index (κ3) is 2.90. The quantitative estimate of drug-likeness (QED) is 0.588. The average molecular weight is 422 g/mol. The van der Waals surface area contributed by atoms with Crippen molar-refractivity contribution in [2.24, 2.45) is 0 Å². The molecule has 0 atom stereocenters. The SMILES string of the molecule is O=C(NC1CC(O)(C(F)(F)F)C1)c1noc2c1CN(c1ncnc3[nH]ccc13)CC2. The Morgan fingerprint density at radius 2 is 2.17 bits per heavy atom. The summed E-state index contributed by atoms with van der Waals surface area (Å²) >= 11 is 0. The van der Waals surface area contributed by atoms with Gasteiger partial charge in [0, 0.05) is 43.6 Å². The number of halogens is 3. The minimum Gasteiger partial charge on any atom is -0.380 e. The summed E-state index contributed by atoms with van der Waals surface area (Å²) in [6.07, 6.45) is -2.17. The van der Waals surface area contributed by atoms with Crippen molar-refractivity contribution in [3.8, 4) is 0 Å². The number of aromatic amines is 1. The lowest BCUT2D eigenvalue weighted by Crippen LogP contribution is -2.62. The monoisotopic (exact) mass is 422 g/mol. The number of nitrogens with zero attached hydrogens (tertiary/aromatic N) is 4. The van der Waals surface area contributed by atoms with Crippen molar-refractivity contribution < 1.29 is 27.6 Å². The molecule has 158 valence electrons. The largest absolute Gasteiger partial charge is 0.417 e. The highest BCUT2D eigenvalue weighted by molar-refractivity contribution is 5.94. The Bertz CT molecular complexity index is 1120. The van der Waals surface area contributed by atoms with Crippen LogP contribution in [0.1, 0.15) is 34.7 Å². The van der Waals surface area contributed by atoms with E-state index in [9.17, 15) is 23.1 Å². The van der Waals surface area contributed by atoms with Gasteiger partial charge in [-0.05, 0) is 6.07 Å². The molecule has 4 heterocycles. The number of hydrogen-bond donors (Lipinski definition) is 3. The second-order valence-electron chi connectivity index (χ2n) is 7.65. The van der Waals surface area contributed by atoms with Crippen molar-refractivity contribution in [2.45, 2.75) is 43.6 Å². The first kappa shape index (κ1) is 18.9. The number of alkyl halides is 3. The van der Waals surface area contributed by atoms with E-state index < -0.39 is 36.6 Å². The number of anilines is 1. The Morgan fingerprint density at radius 3 is 2.93 bits per heavy atom. The molecule has 9 nitrogen and oxygen atoms in total. The highest BCUT2D eigenvalue weighted by Gasteiger charge is 2.61. The van der Waals surface area contributed by atoms with Crippen LogP contribution in [0.4, 0.5) is 19.0 Å². The average Bonchev–Trinajstić information content (AvgIpc) is 3.31. The summed E-state index contributed by atoms with van der Waals surface area (Å²) in [6, 6.07) is 1.08. The molecule has 1 aliphatic heterocycles. The van der Waals surface area contributed by atoms with E-state index in [1.165, 1.54) is 6.33 Å². The van der Waals surface area contributed by atoms with E-state index in [0.29, 0.717) is 42.3 Å². The first-order chi connectivity index (χ1) is 14.2. The molecule has 1 fully saturated rings. The third-order valence-corrected chi connectivity index (χ3v) is 5.71. The van der Waals surface area contributed by atoms with Crippen LogP contribution in [0.25, 0.3) is 11.0 Å². The number of amides is 1. The lowest BCUT2D eigenvalue weighted by Gasteiger charge is -2.44. The summed E-state index contributed by atoms with van der Waals surface area (Å²) in [5.41, 5.74) is -1.45. The van der Waals surface area contributed by atoms with E-state index in [1.54, 1.807) is 6.20 Å². The molecule has 3 aromatic heterocycles. The number of nitrogens with one attached hydrogen (secondary N) is 2. The van der Waals surface area contributed by atoms with Gasteiger partial charge in [0.15, 0.2) is 11.3 Å². The van der Waals surface area contributed by atoms with Gasteiger partial charge in [-0.1, -0.05) is 5.16 Å². The molecule has 0 spiro atoms. The zero-order valence-electron chi connectivity index (χ0n) is 15.5. The predicted molar refractivity (Wildman–Crippen MR) is 96.6 cm³/mol.